The molecule has 0 saturated heterocycles. The van der Waals surface area contributed by atoms with Gasteiger partial charge in [-0.15, -0.1) is 11.3 Å². The molecule has 108 valence electrons. The van der Waals surface area contributed by atoms with Crippen LogP contribution in [-0.4, -0.2) is 6.54 Å². The van der Waals surface area contributed by atoms with E-state index in [0.717, 1.165) is 17.3 Å². The molecule has 1 N–H and O–H groups in total. The van der Waals surface area contributed by atoms with Crippen LogP contribution in [0.1, 0.15) is 48.7 Å². The van der Waals surface area contributed by atoms with Crippen molar-refractivity contribution in [3.05, 3.63) is 56.7 Å². The minimum atomic E-state index is 0.349. The normalized spacial score (nSPS) is 12.8. The Hall–Kier alpha value is -0.830. The lowest BCUT2D eigenvalue weighted by Gasteiger charge is -2.17. The summed E-state index contributed by atoms with van der Waals surface area (Å²) in [5, 5.41) is 3.55. The van der Waals surface area contributed by atoms with Crippen molar-refractivity contribution >= 4 is 22.9 Å². The van der Waals surface area contributed by atoms with Crippen molar-refractivity contribution in [3.8, 4) is 0 Å². The Morgan fingerprint density at radius 2 is 1.80 bits per heavy atom. The zero-order valence-corrected chi connectivity index (χ0v) is 13.9. The molecule has 0 aliphatic heterocycles. The third-order valence-electron chi connectivity index (χ3n) is 3.47. The van der Waals surface area contributed by atoms with Gasteiger partial charge in [0.1, 0.15) is 0 Å². The fourth-order valence-corrected chi connectivity index (χ4v) is 3.45. The van der Waals surface area contributed by atoms with Gasteiger partial charge >= 0.3 is 0 Å². The standard InChI is InChI=1S/C17H22ClNS/c1-4-19-15(16-9-10-17(18)20-16)11-13-5-7-14(8-6-13)12(2)3/h5-10,12,15,19H,4,11H2,1-3H3. The van der Waals surface area contributed by atoms with Crippen molar-refractivity contribution in [1.29, 1.82) is 0 Å². The molecule has 0 bridgehead atoms. The van der Waals surface area contributed by atoms with Crippen molar-refractivity contribution in [2.24, 2.45) is 0 Å². The molecule has 1 atom stereocenters. The lowest BCUT2D eigenvalue weighted by atomic mass is 9.98. The lowest BCUT2D eigenvalue weighted by molar-refractivity contribution is 0.558. The van der Waals surface area contributed by atoms with E-state index in [1.807, 2.05) is 6.07 Å². The highest BCUT2D eigenvalue weighted by Crippen LogP contribution is 2.29. The van der Waals surface area contributed by atoms with Gasteiger partial charge in [0.2, 0.25) is 0 Å². The molecule has 1 aromatic heterocycles. The molecule has 0 fully saturated rings. The Bertz CT molecular complexity index is 530. The highest BCUT2D eigenvalue weighted by atomic mass is 35.5. The molecule has 0 aliphatic rings. The second-order valence-corrected chi connectivity index (χ2v) is 7.10. The number of nitrogens with one attached hydrogen (secondary N) is 1. The number of rotatable bonds is 6. The van der Waals surface area contributed by atoms with Crippen LogP contribution < -0.4 is 5.32 Å². The fraction of sp³-hybridized carbons (Fsp3) is 0.412. The summed E-state index contributed by atoms with van der Waals surface area (Å²) in [5.41, 5.74) is 2.76. The predicted molar refractivity (Wildman–Crippen MR) is 90.0 cm³/mol. The van der Waals surface area contributed by atoms with E-state index in [1.54, 1.807) is 11.3 Å². The van der Waals surface area contributed by atoms with Crippen LogP contribution in [0.2, 0.25) is 4.34 Å². The monoisotopic (exact) mass is 307 g/mol. The molecule has 3 heteroatoms. The van der Waals surface area contributed by atoms with Gasteiger partial charge in [0.15, 0.2) is 0 Å². The first-order valence-electron chi connectivity index (χ1n) is 7.17. The van der Waals surface area contributed by atoms with E-state index >= 15 is 0 Å². The van der Waals surface area contributed by atoms with E-state index in [4.69, 9.17) is 11.6 Å². The average Bonchev–Trinajstić information content (AvgIpc) is 2.85. The van der Waals surface area contributed by atoms with E-state index in [2.05, 4.69) is 56.4 Å². The second kappa shape index (κ2) is 7.26. The Labute approximate surface area is 131 Å². The Morgan fingerprint density at radius 1 is 1.10 bits per heavy atom. The van der Waals surface area contributed by atoms with Gasteiger partial charge in [-0.25, -0.2) is 0 Å². The first-order chi connectivity index (χ1) is 9.60. The number of benzene rings is 1. The van der Waals surface area contributed by atoms with Crippen LogP contribution in [0.5, 0.6) is 0 Å². The molecule has 1 unspecified atom stereocenters. The molecule has 0 radical (unpaired) electrons. The summed E-state index contributed by atoms with van der Waals surface area (Å²) in [4.78, 5) is 1.31. The molecule has 1 heterocycles. The summed E-state index contributed by atoms with van der Waals surface area (Å²) in [6, 6.07) is 13.4. The Kier molecular flexibility index (Phi) is 5.64. The van der Waals surface area contributed by atoms with Crippen LogP contribution in [0, 0.1) is 0 Å². The SMILES string of the molecule is CCNC(Cc1ccc(C(C)C)cc1)c1ccc(Cl)s1. The molecule has 0 aliphatic carbocycles. The van der Waals surface area contributed by atoms with Crippen molar-refractivity contribution < 1.29 is 0 Å². The summed E-state index contributed by atoms with van der Waals surface area (Å²) in [7, 11) is 0. The van der Waals surface area contributed by atoms with Gasteiger partial charge in [0, 0.05) is 10.9 Å². The first-order valence-corrected chi connectivity index (χ1v) is 8.37. The summed E-state index contributed by atoms with van der Waals surface area (Å²) in [6.45, 7) is 7.56. The van der Waals surface area contributed by atoms with Gasteiger partial charge in [-0.3, -0.25) is 0 Å². The molecular formula is C17H22ClNS. The van der Waals surface area contributed by atoms with Crippen molar-refractivity contribution in [1.82, 2.24) is 5.32 Å². The number of thiophene rings is 1. The van der Waals surface area contributed by atoms with Crippen LogP contribution in [-0.2, 0) is 6.42 Å². The second-order valence-electron chi connectivity index (χ2n) is 5.35. The quantitative estimate of drug-likeness (QED) is 0.751. The van der Waals surface area contributed by atoms with Crippen LogP contribution in [0.4, 0.5) is 0 Å². The number of hydrogen-bond acceptors (Lipinski definition) is 2. The van der Waals surface area contributed by atoms with E-state index in [0.29, 0.717) is 12.0 Å². The van der Waals surface area contributed by atoms with E-state index in [1.165, 1.54) is 16.0 Å². The van der Waals surface area contributed by atoms with Crippen LogP contribution in [0.25, 0.3) is 0 Å². The maximum Gasteiger partial charge on any atom is 0.0931 e. The Morgan fingerprint density at radius 3 is 2.30 bits per heavy atom. The molecule has 1 nitrogen and oxygen atoms in total. The van der Waals surface area contributed by atoms with E-state index in [9.17, 15) is 0 Å². The van der Waals surface area contributed by atoms with Crippen molar-refractivity contribution in [2.75, 3.05) is 6.54 Å². The third kappa shape index (κ3) is 4.08. The van der Waals surface area contributed by atoms with Crippen molar-refractivity contribution in [3.63, 3.8) is 0 Å². The first kappa shape index (κ1) is 15.6. The number of hydrogen-bond donors (Lipinski definition) is 1. The highest BCUT2D eigenvalue weighted by molar-refractivity contribution is 7.16. The summed E-state index contributed by atoms with van der Waals surface area (Å²) in [5.74, 6) is 0.588. The topological polar surface area (TPSA) is 12.0 Å². The summed E-state index contributed by atoms with van der Waals surface area (Å²) >= 11 is 7.72. The minimum absolute atomic E-state index is 0.349. The van der Waals surface area contributed by atoms with Crippen molar-refractivity contribution in [2.45, 2.75) is 39.2 Å². The van der Waals surface area contributed by atoms with Crippen LogP contribution in [0.15, 0.2) is 36.4 Å². The highest BCUT2D eigenvalue weighted by Gasteiger charge is 2.13. The van der Waals surface area contributed by atoms with E-state index in [-0.39, 0.29) is 0 Å². The molecule has 20 heavy (non-hydrogen) atoms. The van der Waals surface area contributed by atoms with Gasteiger partial charge in [-0.05, 0) is 42.1 Å². The lowest BCUT2D eigenvalue weighted by Crippen LogP contribution is -2.22. The molecule has 0 spiro atoms. The van der Waals surface area contributed by atoms with Gasteiger partial charge < -0.3 is 5.32 Å². The van der Waals surface area contributed by atoms with Crippen LogP contribution >= 0.6 is 22.9 Å². The van der Waals surface area contributed by atoms with Gasteiger partial charge in [0.25, 0.3) is 0 Å². The molecular weight excluding hydrogens is 286 g/mol. The summed E-state index contributed by atoms with van der Waals surface area (Å²) < 4.78 is 0.859. The zero-order chi connectivity index (χ0) is 14.5. The third-order valence-corrected chi connectivity index (χ3v) is 4.82. The maximum absolute atomic E-state index is 6.05. The number of likely N-dealkylation sites (N-methyl/N-ethyl adjacent to an activating group) is 1. The fourth-order valence-electron chi connectivity index (χ4n) is 2.31. The van der Waals surface area contributed by atoms with Gasteiger partial charge in [-0.2, -0.15) is 0 Å². The molecule has 2 aromatic rings. The van der Waals surface area contributed by atoms with Gasteiger partial charge in [-0.1, -0.05) is 56.6 Å². The maximum atomic E-state index is 6.05. The zero-order valence-electron chi connectivity index (χ0n) is 12.3. The molecule has 0 saturated carbocycles. The molecule has 1 aromatic carbocycles. The van der Waals surface area contributed by atoms with E-state index < -0.39 is 0 Å². The molecule has 2 rings (SSSR count). The number of halogens is 1. The minimum Gasteiger partial charge on any atom is -0.309 e. The van der Waals surface area contributed by atoms with Gasteiger partial charge in [0.05, 0.1) is 4.34 Å². The molecule has 0 amide bonds. The predicted octanol–water partition coefficient (Wildman–Crippen LogP) is 5.42. The average molecular weight is 308 g/mol. The Balaban J connectivity index is 2.11. The smallest absolute Gasteiger partial charge is 0.0931 e. The largest absolute Gasteiger partial charge is 0.309 e. The van der Waals surface area contributed by atoms with Crippen LogP contribution in [0.3, 0.4) is 0 Å². The summed E-state index contributed by atoms with van der Waals surface area (Å²) in [6.07, 6.45) is 1.00.